The predicted octanol–water partition coefficient (Wildman–Crippen LogP) is 4.57. The average Bonchev–Trinajstić information content (AvgIpc) is 3.25. The first-order chi connectivity index (χ1) is 14.9. The summed E-state index contributed by atoms with van der Waals surface area (Å²) in [6.07, 6.45) is 3.67. The summed E-state index contributed by atoms with van der Waals surface area (Å²) in [4.78, 5) is 38.9. The van der Waals surface area contributed by atoms with Crippen LogP contribution in [0.1, 0.15) is 60.6 Å². The van der Waals surface area contributed by atoms with Gasteiger partial charge in [-0.25, -0.2) is 0 Å². The number of nitrogen functional groups attached to an aromatic ring is 1. The SMILES string of the molecule is CC(=O)c1sc(Nc2ccccc2)c(C(=O)Nc2sc3c(c2C(N)=O)CCCC3)c1N. The van der Waals surface area contributed by atoms with E-state index in [1.54, 1.807) is 0 Å². The molecule has 2 amide bonds. The molecule has 0 atom stereocenters. The highest BCUT2D eigenvalue weighted by Gasteiger charge is 2.28. The zero-order valence-electron chi connectivity index (χ0n) is 16.9. The van der Waals surface area contributed by atoms with Gasteiger partial charge in [-0.05, 0) is 43.4 Å². The van der Waals surface area contributed by atoms with Crippen LogP contribution in [0, 0.1) is 0 Å². The van der Waals surface area contributed by atoms with Crippen molar-refractivity contribution in [3.63, 3.8) is 0 Å². The van der Waals surface area contributed by atoms with Crippen molar-refractivity contribution in [2.45, 2.75) is 32.6 Å². The number of hydrogen-bond donors (Lipinski definition) is 4. The maximum atomic E-state index is 13.3. The molecule has 0 saturated heterocycles. The minimum atomic E-state index is -0.556. The maximum absolute atomic E-state index is 13.3. The Morgan fingerprint density at radius 2 is 1.68 bits per heavy atom. The van der Waals surface area contributed by atoms with Crippen molar-refractivity contribution in [1.82, 2.24) is 0 Å². The molecule has 0 unspecified atom stereocenters. The molecule has 0 saturated carbocycles. The molecule has 0 aliphatic heterocycles. The Balaban J connectivity index is 1.73. The number of Topliss-reactive ketones (excluding diaryl/α,β-unsaturated/α-hetero) is 1. The number of hydrogen-bond acceptors (Lipinski definition) is 7. The van der Waals surface area contributed by atoms with Crippen LogP contribution >= 0.6 is 22.7 Å². The second-order valence-electron chi connectivity index (χ2n) is 7.33. The number of ketones is 1. The molecule has 9 heteroatoms. The molecule has 0 bridgehead atoms. The summed E-state index contributed by atoms with van der Waals surface area (Å²) in [7, 11) is 0. The number of nitrogens with two attached hydrogens (primary N) is 2. The number of anilines is 4. The molecule has 1 aromatic carbocycles. The van der Waals surface area contributed by atoms with Gasteiger partial charge in [-0.15, -0.1) is 22.7 Å². The summed E-state index contributed by atoms with van der Waals surface area (Å²) in [5, 5.41) is 6.92. The summed E-state index contributed by atoms with van der Waals surface area (Å²) in [5.74, 6) is -1.26. The van der Waals surface area contributed by atoms with Crippen LogP contribution in [-0.2, 0) is 12.8 Å². The van der Waals surface area contributed by atoms with Gasteiger partial charge >= 0.3 is 0 Å². The largest absolute Gasteiger partial charge is 0.397 e. The van der Waals surface area contributed by atoms with Crippen molar-refractivity contribution in [3.05, 3.63) is 56.8 Å². The van der Waals surface area contributed by atoms with E-state index in [-0.39, 0.29) is 17.0 Å². The Bertz CT molecular complexity index is 1180. The molecule has 0 spiro atoms. The number of aryl methyl sites for hydroxylation is 1. The lowest BCUT2D eigenvalue weighted by Gasteiger charge is -2.11. The molecule has 0 radical (unpaired) electrons. The van der Waals surface area contributed by atoms with Crippen LogP contribution in [0.5, 0.6) is 0 Å². The Morgan fingerprint density at radius 3 is 2.35 bits per heavy atom. The quantitative estimate of drug-likeness (QED) is 0.406. The fourth-order valence-electron chi connectivity index (χ4n) is 3.75. The summed E-state index contributed by atoms with van der Waals surface area (Å²) in [6, 6.07) is 9.31. The molecular formula is C22H22N4O3S2. The number of fused-ring (bicyclic) bond motifs is 1. The Hall–Kier alpha value is -3.17. The van der Waals surface area contributed by atoms with E-state index in [0.29, 0.717) is 20.4 Å². The molecule has 0 fully saturated rings. The van der Waals surface area contributed by atoms with Crippen molar-refractivity contribution in [2.24, 2.45) is 5.73 Å². The zero-order chi connectivity index (χ0) is 22.1. The van der Waals surface area contributed by atoms with Crippen LogP contribution in [0.25, 0.3) is 0 Å². The molecule has 4 rings (SSSR count). The van der Waals surface area contributed by atoms with Gasteiger partial charge in [0.05, 0.1) is 21.7 Å². The molecule has 1 aliphatic rings. The molecule has 2 aromatic heterocycles. The van der Waals surface area contributed by atoms with E-state index in [2.05, 4.69) is 10.6 Å². The highest BCUT2D eigenvalue weighted by molar-refractivity contribution is 7.19. The number of benzene rings is 1. The molecule has 6 N–H and O–H groups in total. The molecule has 3 aromatic rings. The summed E-state index contributed by atoms with van der Waals surface area (Å²) in [6.45, 7) is 1.41. The summed E-state index contributed by atoms with van der Waals surface area (Å²) in [5.41, 5.74) is 14.2. The number of rotatable bonds is 6. The number of thiophene rings is 2. The lowest BCUT2D eigenvalue weighted by Crippen LogP contribution is -2.19. The topological polar surface area (TPSA) is 127 Å². The van der Waals surface area contributed by atoms with Crippen molar-refractivity contribution >= 4 is 61.6 Å². The Morgan fingerprint density at radius 1 is 0.968 bits per heavy atom. The Kier molecular flexibility index (Phi) is 5.79. The minimum absolute atomic E-state index is 0.121. The summed E-state index contributed by atoms with van der Waals surface area (Å²) >= 11 is 2.52. The van der Waals surface area contributed by atoms with E-state index >= 15 is 0 Å². The maximum Gasteiger partial charge on any atom is 0.261 e. The highest BCUT2D eigenvalue weighted by atomic mass is 32.1. The van der Waals surface area contributed by atoms with Crippen molar-refractivity contribution in [3.8, 4) is 0 Å². The van der Waals surface area contributed by atoms with Crippen LogP contribution in [-0.4, -0.2) is 17.6 Å². The predicted molar refractivity (Wildman–Crippen MR) is 126 cm³/mol. The van der Waals surface area contributed by atoms with Gasteiger partial charge in [0.15, 0.2) is 5.78 Å². The van der Waals surface area contributed by atoms with Crippen LogP contribution in [0.4, 0.5) is 21.4 Å². The van der Waals surface area contributed by atoms with Gasteiger partial charge in [0.25, 0.3) is 11.8 Å². The first kappa shape index (κ1) is 21.1. The van der Waals surface area contributed by atoms with E-state index in [9.17, 15) is 14.4 Å². The van der Waals surface area contributed by atoms with E-state index in [1.807, 2.05) is 30.3 Å². The third-order valence-electron chi connectivity index (χ3n) is 5.17. The van der Waals surface area contributed by atoms with E-state index in [0.717, 1.165) is 53.1 Å². The van der Waals surface area contributed by atoms with Crippen molar-refractivity contribution in [2.75, 3.05) is 16.4 Å². The van der Waals surface area contributed by atoms with Crippen molar-refractivity contribution < 1.29 is 14.4 Å². The highest BCUT2D eigenvalue weighted by Crippen LogP contribution is 2.41. The third kappa shape index (κ3) is 4.06. The fourth-order valence-corrected chi connectivity index (χ4v) is 6.07. The van der Waals surface area contributed by atoms with Gasteiger partial charge in [0, 0.05) is 17.5 Å². The normalized spacial score (nSPS) is 12.8. The van der Waals surface area contributed by atoms with Crippen molar-refractivity contribution in [1.29, 1.82) is 0 Å². The molecule has 31 heavy (non-hydrogen) atoms. The molecule has 7 nitrogen and oxygen atoms in total. The third-order valence-corrected chi connectivity index (χ3v) is 7.60. The van der Waals surface area contributed by atoms with Crippen LogP contribution in [0.15, 0.2) is 30.3 Å². The number of carbonyl (C=O) groups excluding carboxylic acids is 3. The number of primary amides is 1. The van der Waals surface area contributed by atoms with Gasteiger partial charge in [-0.3, -0.25) is 14.4 Å². The lowest BCUT2D eigenvalue weighted by atomic mass is 9.95. The standard InChI is InChI=1S/C22H22N4O3S2/c1-11(27)18-17(23)16(22(31-18)25-12-7-3-2-4-8-12)20(29)26-21-15(19(24)28)13-9-5-6-10-14(13)30-21/h2-4,7-8,25H,5-6,9-10,23H2,1H3,(H2,24,28)(H,26,29). The van der Waals surface area contributed by atoms with Gasteiger partial charge in [0.1, 0.15) is 10.0 Å². The molecular weight excluding hydrogens is 432 g/mol. The smallest absolute Gasteiger partial charge is 0.261 e. The first-order valence-corrected chi connectivity index (χ1v) is 11.5. The molecule has 1 aliphatic carbocycles. The molecule has 2 heterocycles. The number of nitrogens with one attached hydrogen (secondary N) is 2. The lowest BCUT2D eigenvalue weighted by molar-refractivity contribution is 0.0997. The van der Waals surface area contributed by atoms with Crippen LogP contribution in [0.2, 0.25) is 0 Å². The van der Waals surface area contributed by atoms with Gasteiger partial charge in [0.2, 0.25) is 0 Å². The number of amides is 2. The van der Waals surface area contributed by atoms with E-state index in [1.165, 1.54) is 18.3 Å². The van der Waals surface area contributed by atoms with E-state index in [4.69, 9.17) is 11.5 Å². The van der Waals surface area contributed by atoms with Gasteiger partial charge in [-0.1, -0.05) is 18.2 Å². The van der Waals surface area contributed by atoms with Gasteiger partial charge < -0.3 is 22.1 Å². The monoisotopic (exact) mass is 454 g/mol. The minimum Gasteiger partial charge on any atom is -0.397 e. The first-order valence-electron chi connectivity index (χ1n) is 9.87. The van der Waals surface area contributed by atoms with Crippen LogP contribution < -0.4 is 22.1 Å². The fraction of sp³-hybridized carbons (Fsp3) is 0.227. The van der Waals surface area contributed by atoms with Gasteiger partial charge in [-0.2, -0.15) is 0 Å². The molecule has 160 valence electrons. The second-order valence-corrected chi connectivity index (χ2v) is 9.46. The average molecular weight is 455 g/mol. The second kappa shape index (κ2) is 8.52. The zero-order valence-corrected chi connectivity index (χ0v) is 18.5. The Labute approximate surface area is 187 Å². The number of para-hydroxylation sites is 1. The van der Waals surface area contributed by atoms with E-state index < -0.39 is 11.8 Å². The van der Waals surface area contributed by atoms with Crippen LogP contribution in [0.3, 0.4) is 0 Å². The summed E-state index contributed by atoms with van der Waals surface area (Å²) < 4.78 is 0. The number of carbonyl (C=O) groups is 3.